The van der Waals surface area contributed by atoms with Crippen LogP contribution in [0.2, 0.25) is 0 Å². The molecule has 4 nitrogen and oxygen atoms in total. The molecule has 0 unspecified atom stereocenters. The third-order valence-corrected chi connectivity index (χ3v) is 4.01. The van der Waals surface area contributed by atoms with Crippen LogP contribution in [0.1, 0.15) is 37.8 Å². The summed E-state index contributed by atoms with van der Waals surface area (Å²) in [5.74, 6) is 0. The molecule has 2 rings (SSSR count). The highest BCUT2D eigenvalue weighted by Gasteiger charge is 2.30. The smallest absolute Gasteiger partial charge is 0.0893 e. The minimum Gasteiger partial charge on any atom is -0.396 e. The molecule has 0 amide bonds. The van der Waals surface area contributed by atoms with Crippen LogP contribution >= 0.6 is 11.5 Å². The molecule has 0 radical (unpaired) electrons. The molecular formula is C11H19N3OS. The number of nitrogens with one attached hydrogen (secondary N) is 1. The van der Waals surface area contributed by atoms with Gasteiger partial charge in [-0.1, -0.05) is 23.8 Å². The van der Waals surface area contributed by atoms with Gasteiger partial charge in [0.15, 0.2) is 0 Å². The van der Waals surface area contributed by atoms with E-state index in [1.807, 2.05) is 5.38 Å². The molecule has 1 aliphatic rings. The van der Waals surface area contributed by atoms with Gasteiger partial charge < -0.3 is 10.4 Å². The topological polar surface area (TPSA) is 58.0 Å². The molecule has 90 valence electrons. The van der Waals surface area contributed by atoms with Gasteiger partial charge in [0.2, 0.25) is 0 Å². The Morgan fingerprint density at radius 1 is 1.38 bits per heavy atom. The molecule has 0 bridgehead atoms. The summed E-state index contributed by atoms with van der Waals surface area (Å²) in [7, 11) is 0. The standard InChI is InChI=1S/C11H19N3OS/c15-9-11(4-2-1-3-5-11)8-12-6-10-7-16-14-13-10/h7,12,15H,1-6,8-9H2. The first-order valence-corrected chi connectivity index (χ1v) is 6.76. The van der Waals surface area contributed by atoms with Gasteiger partial charge in [0, 0.05) is 30.5 Å². The minimum absolute atomic E-state index is 0.113. The lowest BCUT2D eigenvalue weighted by atomic mass is 9.74. The van der Waals surface area contributed by atoms with Crippen LogP contribution in [-0.4, -0.2) is 27.8 Å². The summed E-state index contributed by atoms with van der Waals surface area (Å²) < 4.78 is 3.83. The second-order valence-electron chi connectivity index (χ2n) is 4.72. The molecule has 2 N–H and O–H groups in total. The number of hydrogen-bond donors (Lipinski definition) is 2. The Balaban J connectivity index is 1.78. The van der Waals surface area contributed by atoms with Crippen molar-refractivity contribution in [1.82, 2.24) is 14.9 Å². The molecule has 1 heterocycles. The maximum Gasteiger partial charge on any atom is 0.0893 e. The summed E-state index contributed by atoms with van der Waals surface area (Å²) in [6.45, 7) is 1.95. The van der Waals surface area contributed by atoms with Crippen molar-refractivity contribution in [3.63, 3.8) is 0 Å². The average Bonchev–Trinajstić information content (AvgIpc) is 2.83. The molecule has 0 aromatic carbocycles. The van der Waals surface area contributed by atoms with Crippen LogP contribution in [0, 0.1) is 5.41 Å². The summed E-state index contributed by atoms with van der Waals surface area (Å²) >= 11 is 1.38. The number of aromatic nitrogens is 2. The van der Waals surface area contributed by atoms with E-state index in [4.69, 9.17) is 0 Å². The van der Waals surface area contributed by atoms with Gasteiger partial charge >= 0.3 is 0 Å². The van der Waals surface area contributed by atoms with Crippen molar-refractivity contribution < 1.29 is 5.11 Å². The van der Waals surface area contributed by atoms with Crippen molar-refractivity contribution in [3.05, 3.63) is 11.1 Å². The van der Waals surface area contributed by atoms with Crippen LogP contribution in [-0.2, 0) is 6.54 Å². The zero-order valence-electron chi connectivity index (χ0n) is 9.48. The predicted octanol–water partition coefficient (Wildman–Crippen LogP) is 1.57. The molecule has 0 aliphatic heterocycles. The van der Waals surface area contributed by atoms with Gasteiger partial charge in [-0.3, -0.25) is 0 Å². The van der Waals surface area contributed by atoms with Gasteiger partial charge in [-0.15, -0.1) is 5.10 Å². The first-order chi connectivity index (χ1) is 7.85. The summed E-state index contributed by atoms with van der Waals surface area (Å²) in [4.78, 5) is 0. The van der Waals surface area contributed by atoms with Crippen LogP contribution in [0.25, 0.3) is 0 Å². The van der Waals surface area contributed by atoms with E-state index in [1.165, 1.54) is 30.8 Å². The lowest BCUT2D eigenvalue weighted by molar-refractivity contribution is 0.0810. The van der Waals surface area contributed by atoms with Crippen molar-refractivity contribution >= 4 is 11.5 Å². The van der Waals surface area contributed by atoms with Gasteiger partial charge in [0.25, 0.3) is 0 Å². The largest absolute Gasteiger partial charge is 0.396 e. The molecule has 1 fully saturated rings. The predicted molar refractivity (Wildman–Crippen MR) is 64.2 cm³/mol. The number of aliphatic hydroxyl groups is 1. The van der Waals surface area contributed by atoms with Crippen LogP contribution in [0.5, 0.6) is 0 Å². The first-order valence-electron chi connectivity index (χ1n) is 5.92. The highest BCUT2D eigenvalue weighted by Crippen LogP contribution is 2.35. The molecule has 1 aliphatic carbocycles. The Kier molecular flexibility index (Phi) is 4.26. The number of hydrogen-bond acceptors (Lipinski definition) is 5. The molecule has 1 aromatic rings. The van der Waals surface area contributed by atoms with E-state index in [1.54, 1.807) is 0 Å². The average molecular weight is 241 g/mol. The van der Waals surface area contributed by atoms with Crippen molar-refractivity contribution in [3.8, 4) is 0 Å². The number of nitrogens with zero attached hydrogens (tertiary/aromatic N) is 2. The molecular weight excluding hydrogens is 222 g/mol. The Bertz CT molecular complexity index is 296. The minimum atomic E-state index is 0.113. The van der Waals surface area contributed by atoms with Crippen LogP contribution in [0.15, 0.2) is 5.38 Å². The fourth-order valence-corrected chi connectivity index (χ4v) is 2.86. The van der Waals surface area contributed by atoms with Crippen molar-refractivity contribution in [1.29, 1.82) is 0 Å². The molecule has 1 saturated carbocycles. The Labute approximate surface area is 100 Å². The van der Waals surface area contributed by atoms with E-state index in [2.05, 4.69) is 14.9 Å². The van der Waals surface area contributed by atoms with E-state index in [9.17, 15) is 5.11 Å². The second-order valence-corrected chi connectivity index (χ2v) is 5.33. The fraction of sp³-hybridized carbons (Fsp3) is 0.818. The van der Waals surface area contributed by atoms with Crippen LogP contribution in [0.3, 0.4) is 0 Å². The van der Waals surface area contributed by atoms with Crippen LogP contribution < -0.4 is 5.32 Å². The zero-order valence-corrected chi connectivity index (χ0v) is 10.3. The van der Waals surface area contributed by atoms with E-state index in [-0.39, 0.29) is 5.41 Å². The molecule has 5 heteroatoms. The van der Waals surface area contributed by atoms with Crippen molar-refractivity contribution in [2.24, 2.45) is 5.41 Å². The summed E-state index contributed by atoms with van der Waals surface area (Å²) in [6, 6.07) is 0. The fourth-order valence-electron chi connectivity index (χ4n) is 2.41. The van der Waals surface area contributed by atoms with Gasteiger partial charge in [-0.05, 0) is 24.4 Å². The first kappa shape index (κ1) is 12.0. The summed E-state index contributed by atoms with van der Waals surface area (Å²) in [5.41, 5.74) is 1.11. The molecule has 0 atom stereocenters. The Hall–Kier alpha value is -0.520. The van der Waals surface area contributed by atoms with E-state index < -0.39 is 0 Å². The highest BCUT2D eigenvalue weighted by atomic mass is 32.1. The molecule has 1 aromatic heterocycles. The third kappa shape index (κ3) is 2.99. The summed E-state index contributed by atoms with van der Waals surface area (Å²) in [5, 5.41) is 18.9. The maximum atomic E-state index is 9.53. The van der Waals surface area contributed by atoms with E-state index in [0.29, 0.717) is 6.61 Å². The SMILES string of the molecule is OCC1(CNCc2csnn2)CCCCC1. The third-order valence-electron chi connectivity index (χ3n) is 3.46. The lowest BCUT2D eigenvalue weighted by Gasteiger charge is -2.35. The van der Waals surface area contributed by atoms with E-state index in [0.717, 1.165) is 31.6 Å². The monoisotopic (exact) mass is 241 g/mol. The van der Waals surface area contributed by atoms with Crippen molar-refractivity contribution in [2.45, 2.75) is 38.6 Å². The number of rotatable bonds is 5. The normalized spacial score (nSPS) is 19.8. The van der Waals surface area contributed by atoms with Gasteiger partial charge in [0.1, 0.15) is 0 Å². The van der Waals surface area contributed by atoms with Gasteiger partial charge in [-0.2, -0.15) is 0 Å². The summed E-state index contributed by atoms with van der Waals surface area (Å²) in [6.07, 6.45) is 6.11. The van der Waals surface area contributed by atoms with Crippen LogP contribution in [0.4, 0.5) is 0 Å². The molecule has 0 saturated heterocycles. The lowest BCUT2D eigenvalue weighted by Crippen LogP contribution is -2.38. The molecule has 0 spiro atoms. The maximum absolute atomic E-state index is 9.53. The van der Waals surface area contributed by atoms with E-state index >= 15 is 0 Å². The zero-order chi connectivity index (χ0) is 11.3. The quantitative estimate of drug-likeness (QED) is 0.821. The Morgan fingerprint density at radius 2 is 2.19 bits per heavy atom. The molecule has 16 heavy (non-hydrogen) atoms. The van der Waals surface area contributed by atoms with Gasteiger partial charge in [0.05, 0.1) is 5.69 Å². The number of aliphatic hydroxyl groups excluding tert-OH is 1. The highest BCUT2D eigenvalue weighted by molar-refractivity contribution is 7.03. The second kappa shape index (κ2) is 5.70. The Morgan fingerprint density at radius 3 is 2.81 bits per heavy atom. The van der Waals surface area contributed by atoms with Gasteiger partial charge in [-0.25, -0.2) is 0 Å². The van der Waals surface area contributed by atoms with Crippen molar-refractivity contribution in [2.75, 3.05) is 13.2 Å².